The van der Waals surface area contributed by atoms with Gasteiger partial charge in [-0.15, -0.1) is 0 Å². The van der Waals surface area contributed by atoms with Gasteiger partial charge in [0.15, 0.2) is 0 Å². The largest absolute Gasteiger partial charge is 0.398 e. The summed E-state index contributed by atoms with van der Waals surface area (Å²) in [7, 11) is 0. The van der Waals surface area contributed by atoms with Crippen LogP contribution in [0.1, 0.15) is 17.5 Å². The molecule has 1 aromatic rings. The lowest BCUT2D eigenvalue weighted by molar-refractivity contribution is 0.616. The molecule has 1 rings (SSSR count). The van der Waals surface area contributed by atoms with Crippen LogP contribution in [0.4, 0.5) is 10.1 Å². The molecule has 4 N–H and O–H groups in total. The van der Waals surface area contributed by atoms with Crippen molar-refractivity contribution >= 4 is 11.8 Å². The van der Waals surface area contributed by atoms with E-state index in [9.17, 15) is 4.39 Å². The average Bonchev–Trinajstić information content (AvgIpc) is 2.18. The zero-order valence-corrected chi connectivity index (χ0v) is 8.26. The summed E-state index contributed by atoms with van der Waals surface area (Å²) in [5, 5.41) is 0. The van der Waals surface area contributed by atoms with E-state index < -0.39 is 0 Å². The van der Waals surface area contributed by atoms with Gasteiger partial charge in [0.2, 0.25) is 0 Å². The second kappa shape index (κ2) is 4.77. The molecule has 0 aliphatic carbocycles. The number of hydrogen-bond acceptors (Lipinski definition) is 2. The Morgan fingerprint density at radius 3 is 2.79 bits per heavy atom. The van der Waals surface area contributed by atoms with E-state index in [1.807, 2.05) is 6.08 Å². The fourth-order valence-electron chi connectivity index (χ4n) is 1.16. The van der Waals surface area contributed by atoms with Gasteiger partial charge >= 0.3 is 0 Å². The summed E-state index contributed by atoms with van der Waals surface area (Å²) >= 11 is 0. The Bertz CT molecular complexity index is 345. The van der Waals surface area contributed by atoms with Gasteiger partial charge in [0.25, 0.3) is 0 Å². The van der Waals surface area contributed by atoms with Crippen LogP contribution in [-0.2, 0) is 0 Å². The predicted octanol–water partition coefficient (Wildman–Crippen LogP) is 2.08. The molecular weight excluding hydrogens is 179 g/mol. The van der Waals surface area contributed by atoms with E-state index in [1.54, 1.807) is 25.1 Å². The van der Waals surface area contributed by atoms with Gasteiger partial charge in [-0.25, -0.2) is 4.39 Å². The molecule has 0 spiro atoms. The number of nitrogen functional groups attached to an aromatic ring is 1. The van der Waals surface area contributed by atoms with Crippen molar-refractivity contribution in [3.05, 3.63) is 35.2 Å². The fraction of sp³-hybridized carbons (Fsp3) is 0.273. The molecule has 0 aliphatic rings. The third-order valence-electron chi connectivity index (χ3n) is 2.09. The van der Waals surface area contributed by atoms with Gasteiger partial charge in [0, 0.05) is 16.8 Å². The molecule has 0 amide bonds. The molecule has 0 unspecified atom stereocenters. The summed E-state index contributed by atoms with van der Waals surface area (Å²) in [5.41, 5.74) is 12.4. The molecule has 0 aliphatic heterocycles. The fourth-order valence-corrected chi connectivity index (χ4v) is 1.16. The van der Waals surface area contributed by atoms with Crippen molar-refractivity contribution in [2.45, 2.75) is 13.3 Å². The molecular formula is C11H15FN2. The van der Waals surface area contributed by atoms with Crippen molar-refractivity contribution in [1.82, 2.24) is 0 Å². The molecule has 76 valence electrons. The van der Waals surface area contributed by atoms with Crippen molar-refractivity contribution in [3.63, 3.8) is 0 Å². The van der Waals surface area contributed by atoms with Gasteiger partial charge in [-0.05, 0) is 32.0 Å². The van der Waals surface area contributed by atoms with Gasteiger partial charge in [-0.3, -0.25) is 0 Å². The lowest BCUT2D eigenvalue weighted by atomic mass is 10.1. The molecule has 0 atom stereocenters. The molecule has 1 aromatic carbocycles. The highest BCUT2D eigenvalue weighted by Gasteiger charge is 2.04. The first-order valence-corrected chi connectivity index (χ1v) is 4.58. The van der Waals surface area contributed by atoms with Crippen LogP contribution in [-0.4, -0.2) is 6.54 Å². The van der Waals surface area contributed by atoms with Crippen LogP contribution in [0.15, 0.2) is 18.2 Å². The van der Waals surface area contributed by atoms with Crippen molar-refractivity contribution in [1.29, 1.82) is 0 Å². The maximum atomic E-state index is 13.5. The first-order chi connectivity index (χ1) is 6.66. The van der Waals surface area contributed by atoms with E-state index in [0.717, 1.165) is 6.42 Å². The second-order valence-corrected chi connectivity index (χ2v) is 3.16. The molecule has 0 radical (unpaired) electrons. The number of benzene rings is 1. The minimum absolute atomic E-state index is 0.252. The summed E-state index contributed by atoms with van der Waals surface area (Å²) in [6.45, 7) is 2.25. The van der Waals surface area contributed by atoms with E-state index in [2.05, 4.69) is 0 Å². The van der Waals surface area contributed by atoms with E-state index >= 15 is 0 Å². The number of rotatable bonds is 3. The molecule has 0 fully saturated rings. The van der Waals surface area contributed by atoms with E-state index in [-0.39, 0.29) is 5.82 Å². The van der Waals surface area contributed by atoms with Crippen LogP contribution in [0.25, 0.3) is 6.08 Å². The second-order valence-electron chi connectivity index (χ2n) is 3.16. The smallest absolute Gasteiger partial charge is 0.135 e. The lowest BCUT2D eigenvalue weighted by Gasteiger charge is -2.04. The van der Waals surface area contributed by atoms with Crippen LogP contribution < -0.4 is 11.5 Å². The Morgan fingerprint density at radius 2 is 2.14 bits per heavy atom. The normalized spacial score (nSPS) is 11.1. The molecule has 2 nitrogen and oxygen atoms in total. The highest BCUT2D eigenvalue weighted by atomic mass is 19.1. The Balaban J connectivity index is 2.94. The molecule has 0 saturated carbocycles. The van der Waals surface area contributed by atoms with Crippen LogP contribution in [0.3, 0.4) is 0 Å². The Morgan fingerprint density at radius 1 is 1.43 bits per heavy atom. The number of halogens is 1. The zero-order chi connectivity index (χ0) is 10.6. The van der Waals surface area contributed by atoms with Gasteiger partial charge in [-0.1, -0.05) is 12.2 Å². The van der Waals surface area contributed by atoms with Crippen molar-refractivity contribution in [2.75, 3.05) is 12.3 Å². The summed E-state index contributed by atoms with van der Waals surface area (Å²) in [6, 6.07) is 3.38. The van der Waals surface area contributed by atoms with Crippen LogP contribution in [0, 0.1) is 12.7 Å². The minimum atomic E-state index is -0.252. The van der Waals surface area contributed by atoms with Crippen LogP contribution >= 0.6 is 0 Å². The molecule has 0 aromatic heterocycles. The Kier molecular flexibility index (Phi) is 3.65. The highest BCUT2D eigenvalue weighted by Crippen LogP contribution is 2.19. The predicted molar refractivity (Wildman–Crippen MR) is 58.3 cm³/mol. The summed E-state index contributed by atoms with van der Waals surface area (Å²) in [4.78, 5) is 0. The van der Waals surface area contributed by atoms with Crippen LogP contribution in [0.5, 0.6) is 0 Å². The molecule has 0 saturated heterocycles. The third kappa shape index (κ3) is 2.33. The molecule has 14 heavy (non-hydrogen) atoms. The van der Waals surface area contributed by atoms with E-state index in [4.69, 9.17) is 11.5 Å². The highest BCUT2D eigenvalue weighted by molar-refractivity contribution is 5.58. The van der Waals surface area contributed by atoms with E-state index in [1.165, 1.54) is 0 Å². The third-order valence-corrected chi connectivity index (χ3v) is 2.09. The summed E-state index contributed by atoms with van der Waals surface area (Å²) in [5.74, 6) is -0.252. The maximum Gasteiger partial charge on any atom is 0.135 e. The summed E-state index contributed by atoms with van der Waals surface area (Å²) in [6.07, 6.45) is 4.34. The SMILES string of the molecule is Cc1c(N)ccc(C=CCCN)c1F. The van der Waals surface area contributed by atoms with Crippen molar-refractivity contribution in [3.8, 4) is 0 Å². The Hall–Kier alpha value is -1.35. The number of nitrogens with two attached hydrogens (primary N) is 2. The summed E-state index contributed by atoms with van der Waals surface area (Å²) < 4.78 is 13.5. The van der Waals surface area contributed by atoms with Crippen molar-refractivity contribution in [2.24, 2.45) is 5.73 Å². The van der Waals surface area contributed by atoms with Gasteiger partial charge < -0.3 is 11.5 Å². The monoisotopic (exact) mass is 194 g/mol. The minimum Gasteiger partial charge on any atom is -0.398 e. The number of anilines is 1. The van der Waals surface area contributed by atoms with E-state index in [0.29, 0.717) is 23.4 Å². The number of hydrogen-bond donors (Lipinski definition) is 2. The lowest BCUT2D eigenvalue weighted by Crippen LogP contribution is -1.96. The zero-order valence-electron chi connectivity index (χ0n) is 8.26. The van der Waals surface area contributed by atoms with Crippen LogP contribution in [0.2, 0.25) is 0 Å². The quantitative estimate of drug-likeness (QED) is 0.724. The average molecular weight is 194 g/mol. The van der Waals surface area contributed by atoms with Gasteiger partial charge in [-0.2, -0.15) is 0 Å². The maximum absolute atomic E-state index is 13.5. The molecule has 0 heterocycles. The first-order valence-electron chi connectivity index (χ1n) is 4.58. The Labute approximate surface area is 83.4 Å². The standard InChI is InChI=1S/C11H15FN2/c1-8-10(14)6-5-9(11(8)12)4-2-3-7-13/h2,4-6H,3,7,13-14H2,1H3. The topological polar surface area (TPSA) is 52.0 Å². The molecule has 0 bridgehead atoms. The van der Waals surface area contributed by atoms with Crippen molar-refractivity contribution < 1.29 is 4.39 Å². The van der Waals surface area contributed by atoms with Gasteiger partial charge in [0.05, 0.1) is 0 Å². The molecule has 3 heteroatoms. The first kappa shape index (κ1) is 10.7. The van der Waals surface area contributed by atoms with Gasteiger partial charge in [0.1, 0.15) is 5.82 Å².